The van der Waals surface area contributed by atoms with Gasteiger partial charge in [0.1, 0.15) is 0 Å². The highest BCUT2D eigenvalue weighted by Gasteiger charge is 2.12. The van der Waals surface area contributed by atoms with Gasteiger partial charge in [-0.05, 0) is 25.5 Å². The summed E-state index contributed by atoms with van der Waals surface area (Å²) in [6.07, 6.45) is 1.32. The SMILES string of the molecule is Cc1c(CNCCCC#N)cccc1[N+](=O)[O-]. The number of nitro benzene ring substituents is 1. The van der Waals surface area contributed by atoms with Crippen LogP contribution in [0.5, 0.6) is 0 Å². The highest BCUT2D eigenvalue weighted by atomic mass is 16.6. The van der Waals surface area contributed by atoms with Crippen molar-refractivity contribution in [3.8, 4) is 6.07 Å². The smallest absolute Gasteiger partial charge is 0.272 e. The van der Waals surface area contributed by atoms with Gasteiger partial charge in [0.05, 0.1) is 11.0 Å². The molecule has 0 radical (unpaired) electrons. The van der Waals surface area contributed by atoms with Crippen LogP contribution in [0.2, 0.25) is 0 Å². The van der Waals surface area contributed by atoms with Gasteiger partial charge < -0.3 is 5.32 Å². The molecule has 0 aromatic heterocycles. The van der Waals surface area contributed by atoms with Gasteiger partial charge >= 0.3 is 0 Å². The Morgan fingerprint density at radius 1 is 1.53 bits per heavy atom. The molecule has 0 amide bonds. The average Bonchev–Trinajstić information content (AvgIpc) is 2.30. The van der Waals surface area contributed by atoms with Gasteiger partial charge in [-0.15, -0.1) is 0 Å². The summed E-state index contributed by atoms with van der Waals surface area (Å²) in [5.74, 6) is 0. The lowest BCUT2D eigenvalue weighted by molar-refractivity contribution is -0.385. The van der Waals surface area contributed by atoms with Gasteiger partial charge in [0.15, 0.2) is 0 Å². The van der Waals surface area contributed by atoms with Gasteiger partial charge in [-0.3, -0.25) is 10.1 Å². The number of hydrogen-bond donors (Lipinski definition) is 1. The number of nitrogens with zero attached hydrogens (tertiary/aromatic N) is 2. The summed E-state index contributed by atoms with van der Waals surface area (Å²) in [6.45, 7) is 3.10. The molecule has 1 aromatic rings. The Hall–Kier alpha value is -1.93. The van der Waals surface area contributed by atoms with Crippen LogP contribution in [0.3, 0.4) is 0 Å². The first-order valence-corrected chi connectivity index (χ1v) is 5.47. The monoisotopic (exact) mass is 233 g/mol. The molecule has 17 heavy (non-hydrogen) atoms. The zero-order valence-electron chi connectivity index (χ0n) is 9.77. The van der Waals surface area contributed by atoms with Crippen molar-refractivity contribution in [2.45, 2.75) is 26.3 Å². The molecule has 0 atom stereocenters. The first-order valence-electron chi connectivity index (χ1n) is 5.47. The van der Waals surface area contributed by atoms with Crippen molar-refractivity contribution >= 4 is 5.69 Å². The number of nitrogens with one attached hydrogen (secondary N) is 1. The molecule has 1 N–H and O–H groups in total. The van der Waals surface area contributed by atoms with Gasteiger partial charge in [-0.2, -0.15) is 5.26 Å². The molecule has 0 aliphatic heterocycles. The number of unbranched alkanes of at least 4 members (excludes halogenated alkanes) is 1. The van der Waals surface area contributed by atoms with Crippen molar-refractivity contribution in [2.75, 3.05) is 6.54 Å². The third kappa shape index (κ3) is 3.85. The maximum Gasteiger partial charge on any atom is 0.272 e. The minimum atomic E-state index is -0.367. The van der Waals surface area contributed by atoms with Crippen LogP contribution in [-0.2, 0) is 6.54 Å². The predicted octanol–water partition coefficient (Wildman–Crippen LogP) is 2.30. The van der Waals surface area contributed by atoms with Crippen LogP contribution in [0, 0.1) is 28.4 Å². The van der Waals surface area contributed by atoms with Crippen LogP contribution in [0.25, 0.3) is 0 Å². The largest absolute Gasteiger partial charge is 0.313 e. The second kappa shape index (κ2) is 6.61. The molecule has 0 fully saturated rings. The number of benzene rings is 1. The van der Waals surface area contributed by atoms with Gasteiger partial charge in [-0.25, -0.2) is 0 Å². The summed E-state index contributed by atoms with van der Waals surface area (Å²) in [7, 11) is 0. The highest BCUT2D eigenvalue weighted by Crippen LogP contribution is 2.20. The third-order valence-corrected chi connectivity index (χ3v) is 2.57. The zero-order chi connectivity index (χ0) is 12.7. The van der Waals surface area contributed by atoms with E-state index in [0.29, 0.717) is 18.5 Å². The lowest BCUT2D eigenvalue weighted by atomic mass is 10.1. The van der Waals surface area contributed by atoms with E-state index >= 15 is 0 Å². The van der Waals surface area contributed by atoms with Crippen LogP contribution < -0.4 is 5.32 Å². The van der Waals surface area contributed by atoms with E-state index < -0.39 is 0 Å². The van der Waals surface area contributed by atoms with Gasteiger partial charge in [0.2, 0.25) is 0 Å². The molecule has 0 heterocycles. The molecule has 0 aliphatic carbocycles. The quantitative estimate of drug-likeness (QED) is 0.464. The number of nitro groups is 1. The Kier molecular flexibility index (Phi) is 5.11. The summed E-state index contributed by atoms with van der Waals surface area (Å²) in [5, 5.41) is 22.3. The van der Waals surface area contributed by atoms with E-state index in [2.05, 4.69) is 11.4 Å². The van der Waals surface area contributed by atoms with Crippen LogP contribution >= 0.6 is 0 Å². The van der Waals surface area contributed by atoms with E-state index in [-0.39, 0.29) is 10.6 Å². The van der Waals surface area contributed by atoms with Crippen molar-refractivity contribution in [1.82, 2.24) is 5.32 Å². The lowest BCUT2D eigenvalue weighted by Crippen LogP contribution is -2.15. The molecule has 0 bridgehead atoms. The zero-order valence-corrected chi connectivity index (χ0v) is 9.77. The first-order chi connectivity index (χ1) is 8.16. The Balaban J connectivity index is 2.57. The van der Waals surface area contributed by atoms with Crippen molar-refractivity contribution in [1.29, 1.82) is 5.26 Å². The second-order valence-electron chi connectivity index (χ2n) is 3.76. The summed E-state index contributed by atoms with van der Waals surface area (Å²) >= 11 is 0. The van der Waals surface area contributed by atoms with Crippen LogP contribution in [0.1, 0.15) is 24.0 Å². The number of rotatable bonds is 6. The molecule has 5 nitrogen and oxygen atoms in total. The summed E-state index contributed by atoms with van der Waals surface area (Å²) < 4.78 is 0. The Labute approximate surface area is 100 Å². The van der Waals surface area contributed by atoms with E-state index in [4.69, 9.17) is 5.26 Å². The molecule has 1 aromatic carbocycles. The Bertz CT molecular complexity index is 438. The van der Waals surface area contributed by atoms with Crippen molar-refractivity contribution in [3.05, 3.63) is 39.4 Å². The van der Waals surface area contributed by atoms with E-state index in [0.717, 1.165) is 18.5 Å². The summed E-state index contributed by atoms with van der Waals surface area (Å²) in [6, 6.07) is 7.15. The van der Waals surface area contributed by atoms with Gasteiger partial charge in [-0.1, -0.05) is 12.1 Å². The minimum Gasteiger partial charge on any atom is -0.313 e. The minimum absolute atomic E-state index is 0.154. The van der Waals surface area contributed by atoms with Crippen molar-refractivity contribution in [2.24, 2.45) is 0 Å². The standard InChI is InChI=1S/C12H15N3O2/c1-10-11(9-14-8-3-2-7-13)5-4-6-12(10)15(16)17/h4-6,14H,2-3,8-9H2,1H3. The maximum atomic E-state index is 10.7. The van der Waals surface area contributed by atoms with Gasteiger partial charge in [0, 0.05) is 24.6 Å². The fraction of sp³-hybridized carbons (Fsp3) is 0.417. The third-order valence-electron chi connectivity index (χ3n) is 2.57. The molecule has 1 rings (SSSR count). The van der Waals surface area contributed by atoms with E-state index in [9.17, 15) is 10.1 Å². The maximum absolute atomic E-state index is 10.7. The molecule has 0 unspecified atom stereocenters. The summed E-state index contributed by atoms with van der Waals surface area (Å²) in [5.41, 5.74) is 1.78. The molecule has 0 aliphatic rings. The van der Waals surface area contributed by atoms with E-state index in [1.54, 1.807) is 13.0 Å². The van der Waals surface area contributed by atoms with Crippen LogP contribution in [0.4, 0.5) is 5.69 Å². The average molecular weight is 233 g/mol. The fourth-order valence-electron chi connectivity index (χ4n) is 1.57. The lowest BCUT2D eigenvalue weighted by Gasteiger charge is -2.07. The second-order valence-corrected chi connectivity index (χ2v) is 3.76. The molecular formula is C12H15N3O2. The molecule has 90 valence electrons. The van der Waals surface area contributed by atoms with Crippen LogP contribution in [0.15, 0.2) is 18.2 Å². The highest BCUT2D eigenvalue weighted by molar-refractivity contribution is 5.44. The summed E-state index contributed by atoms with van der Waals surface area (Å²) in [4.78, 5) is 10.4. The normalized spacial score (nSPS) is 9.88. The number of nitriles is 1. The Morgan fingerprint density at radius 3 is 2.94 bits per heavy atom. The molecule has 0 saturated carbocycles. The van der Waals surface area contributed by atoms with E-state index in [1.165, 1.54) is 6.07 Å². The van der Waals surface area contributed by atoms with Crippen molar-refractivity contribution in [3.63, 3.8) is 0 Å². The Morgan fingerprint density at radius 2 is 2.29 bits per heavy atom. The van der Waals surface area contributed by atoms with Crippen LogP contribution in [-0.4, -0.2) is 11.5 Å². The molecular weight excluding hydrogens is 218 g/mol. The molecule has 0 saturated heterocycles. The first kappa shape index (κ1) is 13.1. The molecule has 5 heteroatoms. The fourth-order valence-corrected chi connectivity index (χ4v) is 1.57. The number of hydrogen-bond acceptors (Lipinski definition) is 4. The molecule has 0 spiro atoms. The predicted molar refractivity (Wildman–Crippen MR) is 64.4 cm³/mol. The van der Waals surface area contributed by atoms with Gasteiger partial charge in [0.25, 0.3) is 5.69 Å². The van der Waals surface area contributed by atoms with E-state index in [1.807, 2.05) is 6.07 Å². The topological polar surface area (TPSA) is 79.0 Å². The van der Waals surface area contributed by atoms with Crippen molar-refractivity contribution < 1.29 is 4.92 Å².